The lowest BCUT2D eigenvalue weighted by Gasteiger charge is -2.22. The van der Waals surface area contributed by atoms with Crippen LogP contribution in [-0.2, 0) is 11.3 Å². The Bertz CT molecular complexity index is 774. The van der Waals surface area contributed by atoms with Crippen LogP contribution in [0.2, 0.25) is 0 Å². The van der Waals surface area contributed by atoms with E-state index in [-0.39, 0.29) is 12.0 Å². The third kappa shape index (κ3) is 4.06. The second-order valence-corrected chi connectivity index (χ2v) is 6.65. The van der Waals surface area contributed by atoms with E-state index in [0.29, 0.717) is 18.8 Å². The summed E-state index contributed by atoms with van der Waals surface area (Å²) in [7, 11) is 4.11. The zero-order chi connectivity index (χ0) is 18.5. The van der Waals surface area contributed by atoms with Crippen molar-refractivity contribution in [3.63, 3.8) is 0 Å². The van der Waals surface area contributed by atoms with Gasteiger partial charge in [0.2, 0.25) is 0 Å². The number of nitrogens with one attached hydrogen (secondary N) is 1. The molecule has 1 atom stereocenters. The van der Waals surface area contributed by atoms with Crippen LogP contribution in [0.4, 0.5) is 0 Å². The molecule has 0 amide bonds. The Labute approximate surface area is 154 Å². The molecular weight excluding hydrogens is 328 g/mol. The van der Waals surface area contributed by atoms with Crippen molar-refractivity contribution in [3.8, 4) is 5.75 Å². The van der Waals surface area contributed by atoms with Crippen LogP contribution in [-0.4, -0.2) is 44.7 Å². The van der Waals surface area contributed by atoms with Gasteiger partial charge in [-0.1, -0.05) is 24.3 Å². The zero-order valence-electron chi connectivity index (χ0n) is 15.6. The van der Waals surface area contributed by atoms with E-state index in [1.807, 2.05) is 31.2 Å². The van der Waals surface area contributed by atoms with Gasteiger partial charge in [0.15, 0.2) is 0 Å². The van der Waals surface area contributed by atoms with Gasteiger partial charge in [0.1, 0.15) is 12.4 Å². The third-order valence-electron chi connectivity index (χ3n) is 4.49. The second kappa shape index (κ2) is 8.34. The third-order valence-corrected chi connectivity index (χ3v) is 4.49. The number of benzene rings is 2. The Kier molecular flexibility index (Phi) is 5.91. The molecule has 3 rings (SSSR count). The number of carbonyl (C=O) groups excluding carboxylic acids is 1. The molecule has 1 unspecified atom stereocenters. The number of ether oxygens (including phenoxy) is 2. The van der Waals surface area contributed by atoms with Crippen molar-refractivity contribution in [2.75, 3.05) is 33.8 Å². The lowest BCUT2D eigenvalue weighted by molar-refractivity contribution is 0.0526. The van der Waals surface area contributed by atoms with Crippen LogP contribution in [0.5, 0.6) is 5.75 Å². The van der Waals surface area contributed by atoms with Gasteiger partial charge in [-0.3, -0.25) is 0 Å². The average Bonchev–Trinajstić information content (AvgIpc) is 2.79. The van der Waals surface area contributed by atoms with E-state index in [9.17, 15) is 4.79 Å². The van der Waals surface area contributed by atoms with Crippen LogP contribution in [0.1, 0.15) is 40.0 Å². The van der Waals surface area contributed by atoms with Gasteiger partial charge in [0.05, 0.1) is 18.2 Å². The Hall–Kier alpha value is -2.37. The summed E-state index contributed by atoms with van der Waals surface area (Å²) < 4.78 is 11.2. The van der Waals surface area contributed by atoms with Crippen molar-refractivity contribution < 1.29 is 14.3 Å². The van der Waals surface area contributed by atoms with Crippen LogP contribution in [0, 0.1) is 0 Å². The summed E-state index contributed by atoms with van der Waals surface area (Å²) in [6, 6.07) is 13.8. The fourth-order valence-electron chi connectivity index (χ4n) is 3.17. The van der Waals surface area contributed by atoms with Gasteiger partial charge in [0, 0.05) is 18.7 Å². The first kappa shape index (κ1) is 18.4. The van der Waals surface area contributed by atoms with E-state index >= 15 is 0 Å². The van der Waals surface area contributed by atoms with Gasteiger partial charge in [0.25, 0.3) is 0 Å². The van der Waals surface area contributed by atoms with Gasteiger partial charge in [-0.25, -0.2) is 4.79 Å². The Morgan fingerprint density at radius 1 is 1.23 bits per heavy atom. The summed E-state index contributed by atoms with van der Waals surface area (Å²) in [5, 5.41) is 3.63. The number of rotatable bonds is 6. The second-order valence-electron chi connectivity index (χ2n) is 6.65. The van der Waals surface area contributed by atoms with Crippen molar-refractivity contribution in [2.45, 2.75) is 19.6 Å². The predicted octanol–water partition coefficient (Wildman–Crippen LogP) is 3.00. The van der Waals surface area contributed by atoms with Gasteiger partial charge < -0.3 is 19.7 Å². The number of fused-ring (bicyclic) bond motifs is 2. The highest BCUT2D eigenvalue weighted by molar-refractivity contribution is 5.90. The first-order chi connectivity index (χ1) is 12.6. The molecule has 138 valence electrons. The number of esters is 1. The molecule has 2 aromatic rings. The monoisotopic (exact) mass is 354 g/mol. The van der Waals surface area contributed by atoms with Gasteiger partial charge in [-0.2, -0.15) is 0 Å². The molecule has 0 fully saturated rings. The molecule has 0 bridgehead atoms. The summed E-state index contributed by atoms with van der Waals surface area (Å²) in [6.45, 7) is 4.45. The fraction of sp³-hybridized carbons (Fsp3) is 0.381. The van der Waals surface area contributed by atoms with Gasteiger partial charge in [-0.15, -0.1) is 0 Å². The summed E-state index contributed by atoms with van der Waals surface area (Å²) in [5.41, 5.74) is 3.86. The maximum atomic E-state index is 12.2. The minimum atomic E-state index is -0.306. The quantitative estimate of drug-likeness (QED) is 0.808. The molecule has 0 aromatic heterocycles. The standard InChI is InChI=1S/C21H26N2O3/c1-4-25-21(24)15-9-10-19-18(13-15)20(22-11-12-23(2)3)17-8-6-5-7-16(17)14-26-19/h5-10,13,20,22H,4,11-12,14H2,1-3H3. The normalized spacial score (nSPS) is 15.6. The topological polar surface area (TPSA) is 50.8 Å². The summed E-state index contributed by atoms with van der Waals surface area (Å²) >= 11 is 0. The average molecular weight is 354 g/mol. The highest BCUT2D eigenvalue weighted by Crippen LogP contribution is 2.36. The number of hydrogen-bond acceptors (Lipinski definition) is 5. The SMILES string of the molecule is CCOC(=O)c1ccc2c(c1)C(NCCN(C)C)c1ccccc1CO2. The van der Waals surface area contributed by atoms with Crippen LogP contribution < -0.4 is 10.1 Å². The van der Waals surface area contributed by atoms with Crippen LogP contribution in [0.25, 0.3) is 0 Å². The van der Waals surface area contributed by atoms with Crippen molar-refractivity contribution in [3.05, 3.63) is 64.7 Å². The minimum absolute atomic E-state index is 0.0296. The molecular formula is C21H26N2O3. The molecule has 0 radical (unpaired) electrons. The Morgan fingerprint density at radius 3 is 2.81 bits per heavy atom. The fourth-order valence-corrected chi connectivity index (χ4v) is 3.17. The number of likely N-dealkylation sites (N-methyl/N-ethyl adjacent to an activating group) is 1. The lowest BCUT2D eigenvalue weighted by atomic mass is 9.94. The molecule has 5 nitrogen and oxygen atoms in total. The van der Waals surface area contributed by atoms with E-state index in [1.54, 1.807) is 6.07 Å². The highest BCUT2D eigenvalue weighted by Gasteiger charge is 2.25. The first-order valence-corrected chi connectivity index (χ1v) is 9.00. The van der Waals surface area contributed by atoms with Crippen molar-refractivity contribution in [2.24, 2.45) is 0 Å². The van der Waals surface area contributed by atoms with E-state index in [2.05, 4.69) is 36.4 Å². The maximum Gasteiger partial charge on any atom is 0.338 e. The molecule has 5 heteroatoms. The van der Waals surface area contributed by atoms with Crippen molar-refractivity contribution in [1.29, 1.82) is 0 Å². The van der Waals surface area contributed by atoms with Gasteiger partial charge in [-0.05, 0) is 50.3 Å². The summed E-state index contributed by atoms with van der Waals surface area (Å²) in [5.74, 6) is 0.497. The first-order valence-electron chi connectivity index (χ1n) is 9.00. The van der Waals surface area contributed by atoms with Crippen LogP contribution >= 0.6 is 0 Å². The van der Waals surface area contributed by atoms with E-state index in [1.165, 1.54) is 5.56 Å². The molecule has 1 aliphatic heterocycles. The molecule has 0 saturated carbocycles. The van der Waals surface area contributed by atoms with Gasteiger partial charge >= 0.3 is 5.97 Å². The zero-order valence-corrected chi connectivity index (χ0v) is 15.6. The number of nitrogens with zero attached hydrogens (tertiary/aromatic N) is 1. The minimum Gasteiger partial charge on any atom is -0.489 e. The van der Waals surface area contributed by atoms with E-state index in [0.717, 1.165) is 30.0 Å². The summed E-state index contributed by atoms with van der Waals surface area (Å²) in [4.78, 5) is 14.3. The smallest absolute Gasteiger partial charge is 0.338 e. The van der Waals surface area contributed by atoms with Crippen LogP contribution in [0.3, 0.4) is 0 Å². The van der Waals surface area contributed by atoms with Crippen molar-refractivity contribution in [1.82, 2.24) is 10.2 Å². The number of hydrogen-bond donors (Lipinski definition) is 1. The summed E-state index contributed by atoms with van der Waals surface area (Å²) in [6.07, 6.45) is 0. The number of carbonyl (C=O) groups is 1. The Balaban J connectivity index is 1.99. The molecule has 1 aliphatic rings. The Morgan fingerprint density at radius 2 is 2.04 bits per heavy atom. The largest absolute Gasteiger partial charge is 0.489 e. The molecule has 1 heterocycles. The van der Waals surface area contributed by atoms with Crippen molar-refractivity contribution >= 4 is 5.97 Å². The molecule has 0 spiro atoms. The van der Waals surface area contributed by atoms with Crippen LogP contribution in [0.15, 0.2) is 42.5 Å². The predicted molar refractivity (Wildman–Crippen MR) is 102 cm³/mol. The molecule has 26 heavy (non-hydrogen) atoms. The maximum absolute atomic E-state index is 12.2. The van der Waals surface area contributed by atoms with E-state index in [4.69, 9.17) is 9.47 Å². The molecule has 1 N–H and O–H groups in total. The molecule has 0 saturated heterocycles. The van der Waals surface area contributed by atoms with E-state index < -0.39 is 0 Å². The lowest BCUT2D eigenvalue weighted by Crippen LogP contribution is -2.30. The molecule has 2 aromatic carbocycles. The highest BCUT2D eigenvalue weighted by atomic mass is 16.5. The molecule has 0 aliphatic carbocycles.